The average Bonchev–Trinajstić information content (AvgIpc) is 3.17. The third-order valence-electron chi connectivity index (χ3n) is 3.93. The predicted molar refractivity (Wildman–Crippen MR) is 116 cm³/mol. The van der Waals surface area contributed by atoms with Gasteiger partial charge in [0.15, 0.2) is 5.96 Å². The highest BCUT2D eigenvalue weighted by atomic mass is 127. The number of para-hydroxylation sites is 1. The quantitative estimate of drug-likeness (QED) is 0.222. The van der Waals surface area contributed by atoms with E-state index >= 15 is 0 Å². The lowest BCUT2D eigenvalue weighted by atomic mass is 10.2. The van der Waals surface area contributed by atoms with Crippen molar-refractivity contribution in [2.45, 2.75) is 31.8 Å². The van der Waals surface area contributed by atoms with Gasteiger partial charge in [0.2, 0.25) is 0 Å². The molecule has 2 N–H and O–H groups in total. The summed E-state index contributed by atoms with van der Waals surface area (Å²) in [5.41, 5.74) is 0. The largest absolute Gasteiger partial charge is 0.494 e. The van der Waals surface area contributed by atoms with E-state index in [1.807, 2.05) is 30.3 Å². The van der Waals surface area contributed by atoms with Crippen LogP contribution in [0.3, 0.4) is 0 Å². The van der Waals surface area contributed by atoms with Gasteiger partial charge < -0.3 is 24.8 Å². The molecule has 1 saturated heterocycles. The van der Waals surface area contributed by atoms with Gasteiger partial charge >= 0.3 is 0 Å². The molecule has 0 saturated carbocycles. The predicted octanol–water partition coefficient (Wildman–Crippen LogP) is 2.82. The number of rotatable bonds is 11. The Labute approximate surface area is 174 Å². The van der Waals surface area contributed by atoms with Gasteiger partial charge in [-0.25, -0.2) is 0 Å². The fourth-order valence-electron chi connectivity index (χ4n) is 2.58. The molecule has 26 heavy (non-hydrogen) atoms. The molecule has 0 amide bonds. The Kier molecular flexibility index (Phi) is 13.3. The molecule has 1 aliphatic rings. The molecule has 1 fully saturated rings. The Morgan fingerprint density at radius 2 is 1.88 bits per heavy atom. The first-order valence-corrected chi connectivity index (χ1v) is 9.20. The number of halogens is 1. The van der Waals surface area contributed by atoms with Crippen LogP contribution < -0.4 is 15.4 Å². The molecule has 1 heterocycles. The molecule has 0 spiro atoms. The van der Waals surface area contributed by atoms with E-state index in [4.69, 9.17) is 14.2 Å². The number of ether oxygens (including phenoxy) is 3. The van der Waals surface area contributed by atoms with E-state index < -0.39 is 0 Å². The Morgan fingerprint density at radius 3 is 2.54 bits per heavy atom. The van der Waals surface area contributed by atoms with Gasteiger partial charge in [-0.1, -0.05) is 18.2 Å². The van der Waals surface area contributed by atoms with Gasteiger partial charge in [0, 0.05) is 33.4 Å². The number of nitrogens with zero attached hydrogens (tertiary/aromatic N) is 1. The standard InChI is InChI=1S/C19H31N3O3.HI/c1-20-19(21-11-6-13-23-16-18-10-5-14-25-18)22-12-7-15-24-17-8-3-2-4-9-17;/h2-4,8-9,18H,5-7,10-16H2,1H3,(H2,20,21,22);1H. The molecule has 1 atom stereocenters. The second kappa shape index (κ2) is 15.0. The minimum absolute atomic E-state index is 0. The fraction of sp³-hybridized carbons (Fsp3) is 0.632. The molecule has 0 radical (unpaired) electrons. The van der Waals surface area contributed by atoms with Gasteiger partial charge in [0.05, 0.1) is 19.3 Å². The van der Waals surface area contributed by atoms with Crippen LogP contribution in [0.2, 0.25) is 0 Å². The third-order valence-corrected chi connectivity index (χ3v) is 3.93. The molecular weight excluding hydrogens is 445 g/mol. The maximum absolute atomic E-state index is 5.66. The second-order valence-corrected chi connectivity index (χ2v) is 6.00. The minimum Gasteiger partial charge on any atom is -0.494 e. The first-order valence-electron chi connectivity index (χ1n) is 9.20. The zero-order chi connectivity index (χ0) is 17.6. The highest BCUT2D eigenvalue weighted by molar-refractivity contribution is 14.0. The van der Waals surface area contributed by atoms with Crippen LogP contribution in [0.4, 0.5) is 0 Å². The molecule has 0 aliphatic carbocycles. The average molecular weight is 477 g/mol. The Balaban J connectivity index is 0.00000338. The van der Waals surface area contributed by atoms with Gasteiger partial charge in [-0.15, -0.1) is 24.0 Å². The summed E-state index contributed by atoms with van der Waals surface area (Å²) in [6, 6.07) is 9.87. The van der Waals surface area contributed by atoms with Crippen LogP contribution in [0, 0.1) is 0 Å². The molecule has 2 rings (SSSR count). The molecule has 7 heteroatoms. The Hall–Kier alpha value is -1.06. The first-order chi connectivity index (χ1) is 12.4. The molecule has 1 aromatic carbocycles. The first kappa shape index (κ1) is 23.0. The third kappa shape index (κ3) is 10.2. The van der Waals surface area contributed by atoms with Crippen LogP contribution in [-0.4, -0.2) is 58.6 Å². The monoisotopic (exact) mass is 477 g/mol. The number of benzene rings is 1. The van der Waals surface area contributed by atoms with Crippen LogP contribution in [-0.2, 0) is 9.47 Å². The number of hydrogen-bond donors (Lipinski definition) is 2. The van der Waals surface area contributed by atoms with E-state index in [2.05, 4.69) is 15.6 Å². The molecule has 0 bridgehead atoms. The van der Waals surface area contributed by atoms with Gasteiger partial charge in [0.1, 0.15) is 5.75 Å². The summed E-state index contributed by atoms with van der Waals surface area (Å²) in [5.74, 6) is 1.73. The van der Waals surface area contributed by atoms with Crippen molar-refractivity contribution in [2.24, 2.45) is 4.99 Å². The van der Waals surface area contributed by atoms with E-state index in [1.54, 1.807) is 7.05 Å². The van der Waals surface area contributed by atoms with Crippen LogP contribution in [0.15, 0.2) is 35.3 Å². The molecule has 0 aromatic heterocycles. The SMILES string of the molecule is CN=C(NCCCOCC1CCCO1)NCCCOc1ccccc1.I. The van der Waals surface area contributed by atoms with Gasteiger partial charge in [-0.2, -0.15) is 0 Å². The van der Waals surface area contributed by atoms with Crippen LogP contribution >= 0.6 is 24.0 Å². The fourth-order valence-corrected chi connectivity index (χ4v) is 2.58. The molecule has 1 aliphatic heterocycles. The zero-order valence-electron chi connectivity index (χ0n) is 15.6. The summed E-state index contributed by atoms with van der Waals surface area (Å²) in [4.78, 5) is 4.22. The smallest absolute Gasteiger partial charge is 0.190 e. The van der Waals surface area contributed by atoms with Gasteiger partial charge in [0.25, 0.3) is 0 Å². The van der Waals surface area contributed by atoms with Crippen molar-refractivity contribution in [3.8, 4) is 5.75 Å². The van der Waals surface area contributed by atoms with Gasteiger partial charge in [-0.3, -0.25) is 4.99 Å². The Morgan fingerprint density at radius 1 is 1.15 bits per heavy atom. The molecule has 1 aromatic rings. The van der Waals surface area contributed by atoms with Gasteiger partial charge in [-0.05, 0) is 37.8 Å². The number of nitrogens with one attached hydrogen (secondary N) is 2. The summed E-state index contributed by atoms with van der Waals surface area (Å²) < 4.78 is 16.8. The van der Waals surface area contributed by atoms with Crippen LogP contribution in [0.5, 0.6) is 5.75 Å². The second-order valence-electron chi connectivity index (χ2n) is 6.00. The van der Waals surface area contributed by atoms with Crippen LogP contribution in [0.1, 0.15) is 25.7 Å². The van der Waals surface area contributed by atoms with E-state index in [9.17, 15) is 0 Å². The molecular formula is C19H32IN3O3. The van der Waals surface area contributed by atoms with Crippen molar-refractivity contribution in [2.75, 3.05) is 46.6 Å². The number of hydrogen-bond acceptors (Lipinski definition) is 4. The van der Waals surface area contributed by atoms with E-state index in [0.717, 1.165) is 63.7 Å². The van der Waals surface area contributed by atoms with Crippen molar-refractivity contribution in [3.05, 3.63) is 30.3 Å². The normalized spacial score (nSPS) is 16.8. The van der Waals surface area contributed by atoms with Crippen molar-refractivity contribution in [1.29, 1.82) is 0 Å². The van der Waals surface area contributed by atoms with Crippen molar-refractivity contribution < 1.29 is 14.2 Å². The lowest BCUT2D eigenvalue weighted by molar-refractivity contribution is 0.0168. The summed E-state index contributed by atoms with van der Waals surface area (Å²) >= 11 is 0. The number of guanidine groups is 1. The molecule has 6 nitrogen and oxygen atoms in total. The lowest BCUT2D eigenvalue weighted by Crippen LogP contribution is -2.38. The lowest BCUT2D eigenvalue weighted by Gasteiger charge is -2.13. The minimum atomic E-state index is 0. The topological polar surface area (TPSA) is 64.1 Å². The zero-order valence-corrected chi connectivity index (χ0v) is 17.9. The maximum Gasteiger partial charge on any atom is 0.190 e. The van der Waals surface area contributed by atoms with E-state index in [-0.39, 0.29) is 24.0 Å². The molecule has 148 valence electrons. The maximum atomic E-state index is 5.66. The summed E-state index contributed by atoms with van der Waals surface area (Å²) in [6.07, 6.45) is 4.46. The highest BCUT2D eigenvalue weighted by Gasteiger charge is 2.14. The summed E-state index contributed by atoms with van der Waals surface area (Å²) in [7, 11) is 1.78. The Bertz CT molecular complexity index is 482. The van der Waals surface area contributed by atoms with Crippen molar-refractivity contribution >= 4 is 29.9 Å². The number of aliphatic imine (C=N–C) groups is 1. The molecule has 1 unspecified atom stereocenters. The van der Waals surface area contributed by atoms with Crippen LogP contribution in [0.25, 0.3) is 0 Å². The van der Waals surface area contributed by atoms with E-state index in [0.29, 0.717) is 19.3 Å². The highest BCUT2D eigenvalue weighted by Crippen LogP contribution is 2.11. The van der Waals surface area contributed by atoms with E-state index in [1.165, 1.54) is 0 Å². The summed E-state index contributed by atoms with van der Waals surface area (Å²) in [6.45, 7) is 4.69. The van der Waals surface area contributed by atoms with Crippen molar-refractivity contribution in [3.63, 3.8) is 0 Å². The van der Waals surface area contributed by atoms with Crippen molar-refractivity contribution in [1.82, 2.24) is 10.6 Å². The summed E-state index contributed by atoms with van der Waals surface area (Å²) in [5, 5.41) is 6.58.